The highest BCUT2D eigenvalue weighted by Gasteiger charge is 2.30. The third-order valence-electron chi connectivity index (χ3n) is 4.33. The smallest absolute Gasteiger partial charge is 0.208 e. The van der Waals surface area contributed by atoms with Crippen LogP contribution in [-0.4, -0.2) is 36.5 Å². The van der Waals surface area contributed by atoms with Gasteiger partial charge in [0.1, 0.15) is 5.01 Å². The molecule has 3 rings (SSSR count). The van der Waals surface area contributed by atoms with Gasteiger partial charge in [0.05, 0.1) is 6.10 Å². The highest BCUT2D eigenvalue weighted by molar-refractivity contribution is 7.15. The first kappa shape index (κ1) is 15.4. The van der Waals surface area contributed by atoms with Crippen molar-refractivity contribution in [3.8, 4) is 0 Å². The minimum Gasteiger partial charge on any atom is -0.381 e. The lowest BCUT2D eigenvalue weighted by atomic mass is 9.88. The highest BCUT2D eigenvalue weighted by atomic mass is 32.1. The topological polar surface area (TPSA) is 38.2 Å². The molecule has 22 heavy (non-hydrogen) atoms. The Morgan fingerprint density at radius 2 is 2.18 bits per heavy atom. The van der Waals surface area contributed by atoms with Crippen molar-refractivity contribution in [1.82, 2.24) is 10.2 Å². The van der Waals surface area contributed by atoms with E-state index in [1.54, 1.807) is 11.3 Å². The Labute approximate surface area is 136 Å². The van der Waals surface area contributed by atoms with Crippen molar-refractivity contribution >= 4 is 16.5 Å². The Balaban J connectivity index is 1.74. The minimum atomic E-state index is 0.325. The average Bonchev–Trinajstić information content (AvgIpc) is 2.94. The summed E-state index contributed by atoms with van der Waals surface area (Å²) in [6.07, 6.45) is 2.42. The third kappa shape index (κ3) is 3.47. The van der Waals surface area contributed by atoms with Gasteiger partial charge in [0.15, 0.2) is 0 Å². The summed E-state index contributed by atoms with van der Waals surface area (Å²) in [6, 6.07) is 8.78. The molecule has 0 N–H and O–H groups in total. The number of hydrogen-bond acceptors (Lipinski definition) is 5. The zero-order valence-electron chi connectivity index (χ0n) is 13.5. The number of benzene rings is 1. The Hall–Kier alpha value is -1.46. The van der Waals surface area contributed by atoms with Gasteiger partial charge in [-0.1, -0.05) is 41.2 Å². The van der Waals surface area contributed by atoms with Crippen LogP contribution >= 0.6 is 11.3 Å². The normalized spacial score (nSPS) is 22.0. The number of anilines is 1. The van der Waals surface area contributed by atoms with E-state index in [2.05, 4.69) is 46.3 Å². The molecule has 1 fully saturated rings. The fourth-order valence-electron chi connectivity index (χ4n) is 3.25. The summed E-state index contributed by atoms with van der Waals surface area (Å²) >= 11 is 1.68. The van der Waals surface area contributed by atoms with Gasteiger partial charge in [-0.2, -0.15) is 0 Å². The van der Waals surface area contributed by atoms with E-state index < -0.39 is 0 Å². The van der Waals surface area contributed by atoms with E-state index in [1.165, 1.54) is 11.1 Å². The molecule has 0 bridgehead atoms. The van der Waals surface area contributed by atoms with Crippen LogP contribution < -0.4 is 4.90 Å². The molecule has 1 aromatic carbocycles. The van der Waals surface area contributed by atoms with Gasteiger partial charge in [-0.15, -0.1) is 10.2 Å². The summed E-state index contributed by atoms with van der Waals surface area (Å²) < 4.78 is 5.74. The van der Waals surface area contributed by atoms with Gasteiger partial charge in [-0.05, 0) is 32.3 Å². The maximum atomic E-state index is 5.74. The molecule has 1 aromatic heterocycles. The van der Waals surface area contributed by atoms with E-state index in [9.17, 15) is 0 Å². The van der Waals surface area contributed by atoms with Crippen molar-refractivity contribution in [2.24, 2.45) is 5.92 Å². The first-order valence-electron chi connectivity index (χ1n) is 7.79. The fraction of sp³-hybridized carbons (Fsp3) is 0.529. The molecule has 1 saturated heterocycles. The summed E-state index contributed by atoms with van der Waals surface area (Å²) in [5.41, 5.74) is 2.71. The molecule has 2 atom stereocenters. The number of aromatic nitrogens is 2. The van der Waals surface area contributed by atoms with Crippen molar-refractivity contribution in [3.63, 3.8) is 0 Å². The number of methoxy groups -OCH3 is 1. The molecule has 2 heterocycles. The Bertz CT molecular complexity index is 628. The lowest BCUT2D eigenvalue weighted by Gasteiger charge is -2.37. The molecule has 4 nitrogen and oxygen atoms in total. The van der Waals surface area contributed by atoms with Crippen LogP contribution in [0.3, 0.4) is 0 Å². The molecule has 0 unspecified atom stereocenters. The fourth-order valence-corrected chi connectivity index (χ4v) is 3.97. The molecule has 1 aliphatic rings. The van der Waals surface area contributed by atoms with Crippen LogP contribution in [-0.2, 0) is 11.2 Å². The predicted octanol–water partition coefficient (Wildman–Crippen LogP) is 3.24. The molecule has 0 amide bonds. The average molecular weight is 317 g/mol. The second kappa shape index (κ2) is 6.75. The summed E-state index contributed by atoms with van der Waals surface area (Å²) in [5, 5.41) is 10.5. The number of nitrogens with zero attached hydrogens (tertiary/aromatic N) is 3. The van der Waals surface area contributed by atoms with E-state index in [0.29, 0.717) is 12.0 Å². The number of hydrogen-bond donors (Lipinski definition) is 0. The van der Waals surface area contributed by atoms with Crippen molar-refractivity contribution in [2.75, 3.05) is 25.1 Å². The SMILES string of the molecule is CO[C@@H]1CCN(c2nnc(C)s2)C[C@H]1Cc1cccc(C)c1. The Kier molecular flexibility index (Phi) is 4.74. The van der Waals surface area contributed by atoms with Crippen molar-refractivity contribution in [3.05, 3.63) is 40.4 Å². The van der Waals surface area contributed by atoms with E-state index >= 15 is 0 Å². The van der Waals surface area contributed by atoms with Gasteiger partial charge in [-0.25, -0.2) is 0 Å². The highest BCUT2D eigenvalue weighted by Crippen LogP contribution is 2.29. The molecule has 1 aliphatic heterocycles. The van der Waals surface area contributed by atoms with Crippen molar-refractivity contribution in [1.29, 1.82) is 0 Å². The Morgan fingerprint density at radius 1 is 1.32 bits per heavy atom. The summed E-state index contributed by atoms with van der Waals surface area (Å²) in [5.74, 6) is 0.491. The van der Waals surface area contributed by atoms with Gasteiger partial charge in [-0.3, -0.25) is 0 Å². The van der Waals surface area contributed by atoms with Crippen LogP contribution in [0.15, 0.2) is 24.3 Å². The number of piperidine rings is 1. The second-order valence-corrected chi connectivity index (χ2v) is 7.23. The predicted molar refractivity (Wildman–Crippen MR) is 90.6 cm³/mol. The number of ether oxygens (including phenoxy) is 1. The van der Waals surface area contributed by atoms with Crippen LogP contribution in [0.2, 0.25) is 0 Å². The van der Waals surface area contributed by atoms with Gasteiger partial charge in [0, 0.05) is 26.1 Å². The number of aryl methyl sites for hydroxylation is 2. The zero-order chi connectivity index (χ0) is 15.5. The van der Waals surface area contributed by atoms with Gasteiger partial charge in [0.2, 0.25) is 5.13 Å². The van der Waals surface area contributed by atoms with Crippen LogP contribution in [0, 0.1) is 19.8 Å². The van der Waals surface area contributed by atoms with Crippen LogP contribution in [0.1, 0.15) is 22.6 Å². The van der Waals surface area contributed by atoms with Gasteiger partial charge < -0.3 is 9.64 Å². The summed E-state index contributed by atoms with van der Waals surface area (Å²) in [7, 11) is 1.83. The molecular formula is C17H23N3OS. The maximum Gasteiger partial charge on any atom is 0.208 e. The van der Waals surface area contributed by atoms with Gasteiger partial charge >= 0.3 is 0 Å². The van der Waals surface area contributed by atoms with Gasteiger partial charge in [0.25, 0.3) is 0 Å². The molecule has 0 aliphatic carbocycles. The number of rotatable bonds is 4. The van der Waals surface area contributed by atoms with Crippen LogP contribution in [0.4, 0.5) is 5.13 Å². The van der Waals surface area contributed by atoms with Crippen LogP contribution in [0.25, 0.3) is 0 Å². The summed E-state index contributed by atoms with van der Waals surface area (Å²) in [4.78, 5) is 2.36. The summed E-state index contributed by atoms with van der Waals surface area (Å²) in [6.45, 7) is 6.14. The minimum absolute atomic E-state index is 0.325. The first-order valence-corrected chi connectivity index (χ1v) is 8.60. The Morgan fingerprint density at radius 3 is 2.86 bits per heavy atom. The van der Waals surface area contributed by atoms with Crippen molar-refractivity contribution < 1.29 is 4.74 Å². The van der Waals surface area contributed by atoms with E-state index in [1.807, 2.05) is 14.0 Å². The molecule has 5 heteroatoms. The lowest BCUT2D eigenvalue weighted by Crippen LogP contribution is -2.45. The molecule has 2 aromatic rings. The largest absolute Gasteiger partial charge is 0.381 e. The third-order valence-corrected chi connectivity index (χ3v) is 5.23. The van der Waals surface area contributed by atoms with E-state index in [0.717, 1.165) is 36.1 Å². The van der Waals surface area contributed by atoms with E-state index in [-0.39, 0.29) is 0 Å². The molecule has 0 radical (unpaired) electrons. The van der Waals surface area contributed by atoms with Crippen LogP contribution in [0.5, 0.6) is 0 Å². The molecule has 118 valence electrons. The lowest BCUT2D eigenvalue weighted by molar-refractivity contribution is 0.0376. The quantitative estimate of drug-likeness (QED) is 0.868. The van der Waals surface area contributed by atoms with Crippen molar-refractivity contribution in [2.45, 2.75) is 32.8 Å². The second-order valence-electron chi connectivity index (χ2n) is 6.07. The molecule has 0 saturated carbocycles. The maximum absolute atomic E-state index is 5.74. The molecular weight excluding hydrogens is 294 g/mol. The van der Waals surface area contributed by atoms with E-state index in [4.69, 9.17) is 4.74 Å². The standard InChI is InChI=1S/C17H23N3OS/c1-12-5-4-6-14(9-12)10-15-11-20(8-7-16(15)21-3)17-19-18-13(2)22-17/h4-6,9,15-16H,7-8,10-11H2,1-3H3/t15-,16-/m1/s1. The first-order chi connectivity index (χ1) is 10.7. The monoisotopic (exact) mass is 317 g/mol. The zero-order valence-corrected chi connectivity index (χ0v) is 14.3. The molecule has 0 spiro atoms.